The first-order chi connectivity index (χ1) is 27.4. The van der Waals surface area contributed by atoms with Gasteiger partial charge in [0.2, 0.25) is 0 Å². The Bertz CT molecular complexity index is 3300. The van der Waals surface area contributed by atoms with Crippen molar-refractivity contribution in [1.82, 2.24) is 9.13 Å². The predicted molar refractivity (Wildman–Crippen MR) is 237 cm³/mol. The van der Waals surface area contributed by atoms with Crippen LogP contribution in [0.3, 0.4) is 0 Å². The number of rotatable bonds is 4. The minimum absolute atomic E-state index is 0.203. The summed E-state index contributed by atoms with van der Waals surface area (Å²) < 4.78 is 4.60. The second-order valence-corrected chi connectivity index (χ2v) is 16.9. The first-order valence-electron chi connectivity index (χ1n) is 19.7. The van der Waals surface area contributed by atoms with Crippen molar-refractivity contribution in [1.29, 1.82) is 10.5 Å². The Morgan fingerprint density at radius 3 is 1.61 bits per heavy atom. The molecule has 6 aromatic carbocycles. The van der Waals surface area contributed by atoms with Gasteiger partial charge < -0.3 is 9.13 Å². The molecule has 0 unspecified atom stereocenters. The van der Waals surface area contributed by atoms with Crippen LogP contribution in [0.15, 0.2) is 127 Å². The molecule has 57 heavy (non-hydrogen) atoms. The third-order valence-electron chi connectivity index (χ3n) is 13.5. The van der Waals surface area contributed by atoms with Crippen LogP contribution < -0.4 is 0 Å². The van der Waals surface area contributed by atoms with Crippen molar-refractivity contribution >= 4 is 49.2 Å². The van der Waals surface area contributed by atoms with E-state index in [2.05, 4.69) is 173 Å². The minimum atomic E-state index is -0.207. The number of benzene rings is 6. The monoisotopic (exact) mass is 734 g/mol. The summed E-state index contributed by atoms with van der Waals surface area (Å²) in [6, 6.07) is 40.4. The van der Waals surface area contributed by atoms with E-state index in [9.17, 15) is 10.5 Å². The fraction of sp³-hybridized carbons (Fsp3) is 0.170. The van der Waals surface area contributed by atoms with E-state index < -0.39 is 0 Å². The Hall–Kier alpha value is -6.88. The standard InChI is InChI=1S/C53H42N4/c1-9-10-17-33-32(4)52(5,6)44-26-48-39(24-37(33)44)35-19-12-15-22-46(35)56(48)50-31(3)51(42(29-55)30(2)41(50)28-54)57-47-23-16-13-20-36(47)40-25-38-34-18-11-14-21-43(34)53(7,8)45(38)27-49(40)57/h9-27H,1H2,2-8H3/b17-10-. The summed E-state index contributed by atoms with van der Waals surface area (Å²) in [6.07, 6.45) is 6.02. The Kier molecular flexibility index (Phi) is 7.17. The van der Waals surface area contributed by atoms with E-state index in [4.69, 9.17) is 0 Å². The third-order valence-corrected chi connectivity index (χ3v) is 13.5. The molecular weight excluding hydrogens is 693 g/mol. The molecule has 274 valence electrons. The van der Waals surface area contributed by atoms with Crippen molar-refractivity contribution in [2.75, 3.05) is 0 Å². The maximum atomic E-state index is 11.1. The second kappa shape index (κ2) is 11.8. The van der Waals surface area contributed by atoms with Gasteiger partial charge in [-0.1, -0.05) is 119 Å². The lowest BCUT2D eigenvalue weighted by Crippen LogP contribution is -2.16. The molecule has 10 rings (SSSR count). The van der Waals surface area contributed by atoms with Gasteiger partial charge in [0.15, 0.2) is 0 Å². The number of allylic oxidation sites excluding steroid dienone is 5. The lowest BCUT2D eigenvalue weighted by Gasteiger charge is -2.24. The molecule has 0 atom stereocenters. The van der Waals surface area contributed by atoms with Crippen LogP contribution in [0.1, 0.15) is 79.1 Å². The number of nitrogens with zero attached hydrogens (tertiary/aromatic N) is 4. The fourth-order valence-electron chi connectivity index (χ4n) is 10.3. The molecule has 0 bridgehead atoms. The van der Waals surface area contributed by atoms with E-state index >= 15 is 0 Å². The smallest absolute Gasteiger partial charge is 0.102 e. The molecule has 2 aliphatic carbocycles. The SMILES string of the molecule is C=C/C=C\C1=C(C)C(C)(C)c2cc3c(cc21)c1ccccc1n3-c1c(C)c(-n2c3ccccc3c3cc4c(cc32)C(C)(C)c2ccccc2-4)c(C#N)c(C)c1C#N. The van der Waals surface area contributed by atoms with Crippen LogP contribution in [0.5, 0.6) is 0 Å². The highest BCUT2D eigenvalue weighted by atomic mass is 15.0. The van der Waals surface area contributed by atoms with Crippen molar-refractivity contribution in [2.24, 2.45) is 0 Å². The minimum Gasteiger partial charge on any atom is -0.308 e. The number of fused-ring (bicyclic) bond motifs is 10. The second-order valence-electron chi connectivity index (χ2n) is 16.9. The summed E-state index contributed by atoms with van der Waals surface area (Å²) in [5.74, 6) is 0. The van der Waals surface area contributed by atoms with Crippen LogP contribution >= 0.6 is 0 Å². The first-order valence-corrected chi connectivity index (χ1v) is 19.7. The van der Waals surface area contributed by atoms with Gasteiger partial charge in [-0.2, -0.15) is 10.5 Å². The van der Waals surface area contributed by atoms with Gasteiger partial charge in [0.25, 0.3) is 0 Å². The Morgan fingerprint density at radius 2 is 1.05 bits per heavy atom. The average molecular weight is 735 g/mol. The summed E-state index contributed by atoms with van der Waals surface area (Å²) >= 11 is 0. The molecule has 2 aliphatic rings. The number of aromatic nitrogens is 2. The van der Waals surface area contributed by atoms with Gasteiger partial charge in [-0.05, 0) is 107 Å². The lowest BCUT2D eigenvalue weighted by molar-refractivity contribution is 0.640. The summed E-state index contributed by atoms with van der Waals surface area (Å²) in [6.45, 7) is 19.4. The lowest BCUT2D eigenvalue weighted by atomic mass is 9.81. The molecule has 0 saturated heterocycles. The quantitative estimate of drug-likeness (QED) is 0.169. The molecule has 0 amide bonds. The summed E-state index contributed by atoms with van der Waals surface area (Å²) in [4.78, 5) is 0. The van der Waals surface area contributed by atoms with Crippen molar-refractivity contribution in [2.45, 2.75) is 59.3 Å². The fourth-order valence-corrected chi connectivity index (χ4v) is 10.3. The van der Waals surface area contributed by atoms with Gasteiger partial charge in [0, 0.05) is 32.4 Å². The first kappa shape index (κ1) is 34.6. The Morgan fingerprint density at radius 1 is 0.544 bits per heavy atom. The van der Waals surface area contributed by atoms with E-state index in [0.717, 1.165) is 60.5 Å². The van der Waals surface area contributed by atoms with Crippen molar-refractivity contribution in [3.05, 3.63) is 172 Å². The van der Waals surface area contributed by atoms with Crippen LogP contribution in [-0.4, -0.2) is 9.13 Å². The van der Waals surface area contributed by atoms with Gasteiger partial charge in [0.05, 0.1) is 44.6 Å². The number of hydrogen-bond donors (Lipinski definition) is 0. The summed E-state index contributed by atoms with van der Waals surface area (Å²) in [5.41, 5.74) is 18.1. The molecule has 8 aromatic rings. The summed E-state index contributed by atoms with van der Waals surface area (Å²) in [5, 5.41) is 26.7. The molecule has 0 aliphatic heterocycles. The predicted octanol–water partition coefficient (Wildman–Crippen LogP) is 13.4. The molecule has 2 heterocycles. The van der Waals surface area contributed by atoms with E-state index in [0.29, 0.717) is 16.7 Å². The molecule has 0 spiro atoms. The highest BCUT2D eigenvalue weighted by Crippen LogP contribution is 2.53. The molecular formula is C53H42N4. The molecule has 2 aromatic heterocycles. The molecule has 0 N–H and O–H groups in total. The Labute approximate surface area is 333 Å². The van der Waals surface area contributed by atoms with Gasteiger partial charge in [0.1, 0.15) is 12.1 Å². The molecule has 4 nitrogen and oxygen atoms in total. The molecule has 0 radical (unpaired) electrons. The highest BCUT2D eigenvalue weighted by molar-refractivity contribution is 6.13. The largest absolute Gasteiger partial charge is 0.308 e. The van der Waals surface area contributed by atoms with Gasteiger partial charge >= 0.3 is 0 Å². The average Bonchev–Trinajstić information content (AvgIpc) is 3.84. The highest BCUT2D eigenvalue weighted by Gasteiger charge is 2.38. The Balaban J connectivity index is 1.34. The van der Waals surface area contributed by atoms with Crippen LogP contribution in [0, 0.1) is 36.5 Å². The van der Waals surface area contributed by atoms with Crippen LogP contribution in [0.4, 0.5) is 0 Å². The maximum absolute atomic E-state index is 11.1. The zero-order valence-electron chi connectivity index (χ0n) is 33.5. The van der Waals surface area contributed by atoms with Gasteiger partial charge in [-0.15, -0.1) is 0 Å². The van der Waals surface area contributed by atoms with E-state index in [1.807, 2.05) is 19.1 Å². The zero-order valence-corrected chi connectivity index (χ0v) is 33.5. The van der Waals surface area contributed by atoms with Crippen LogP contribution in [0.2, 0.25) is 0 Å². The van der Waals surface area contributed by atoms with Crippen molar-refractivity contribution < 1.29 is 0 Å². The molecule has 0 fully saturated rings. The molecule has 0 saturated carbocycles. The normalized spacial score (nSPS) is 15.1. The summed E-state index contributed by atoms with van der Waals surface area (Å²) in [7, 11) is 0. The third kappa shape index (κ3) is 4.36. The topological polar surface area (TPSA) is 57.4 Å². The van der Waals surface area contributed by atoms with Crippen LogP contribution in [-0.2, 0) is 10.8 Å². The molecule has 4 heteroatoms. The van der Waals surface area contributed by atoms with E-state index in [-0.39, 0.29) is 10.8 Å². The van der Waals surface area contributed by atoms with E-state index in [1.165, 1.54) is 44.5 Å². The number of para-hydroxylation sites is 2. The van der Waals surface area contributed by atoms with Gasteiger partial charge in [-0.25, -0.2) is 0 Å². The van der Waals surface area contributed by atoms with Crippen molar-refractivity contribution in [3.8, 4) is 34.6 Å². The van der Waals surface area contributed by atoms with Crippen LogP contribution in [0.25, 0.3) is 71.7 Å². The maximum Gasteiger partial charge on any atom is 0.102 e. The van der Waals surface area contributed by atoms with E-state index in [1.54, 1.807) is 0 Å². The van der Waals surface area contributed by atoms with Gasteiger partial charge in [-0.3, -0.25) is 0 Å². The number of hydrogen-bond acceptors (Lipinski definition) is 2. The van der Waals surface area contributed by atoms with Crippen molar-refractivity contribution in [3.63, 3.8) is 0 Å². The zero-order chi connectivity index (χ0) is 39.7. The number of nitriles is 2.